The zero-order chi connectivity index (χ0) is 11.7. The topological polar surface area (TPSA) is 55.1 Å². The third kappa shape index (κ3) is 1.99. The molecule has 0 saturated heterocycles. The summed E-state index contributed by atoms with van der Waals surface area (Å²) in [6, 6.07) is 8.99. The van der Waals surface area contributed by atoms with Gasteiger partial charge in [-0.05, 0) is 40.5 Å². The van der Waals surface area contributed by atoms with Gasteiger partial charge in [0.15, 0.2) is 5.69 Å². The van der Waals surface area contributed by atoms with Crippen molar-refractivity contribution in [1.82, 2.24) is 9.78 Å². The molecule has 0 atom stereocenters. The second-order valence-electron chi connectivity index (χ2n) is 3.41. The zero-order valence-electron chi connectivity index (χ0n) is 8.51. The van der Waals surface area contributed by atoms with Crippen molar-refractivity contribution in [3.05, 3.63) is 46.2 Å². The maximum Gasteiger partial charge on any atom is 0.354 e. The number of rotatable bonds is 2. The monoisotopic (exact) mass is 280 g/mol. The van der Waals surface area contributed by atoms with Gasteiger partial charge in [-0.3, -0.25) is 0 Å². The first kappa shape index (κ1) is 10.9. The van der Waals surface area contributed by atoms with Crippen molar-refractivity contribution in [3.63, 3.8) is 0 Å². The molecule has 4 nitrogen and oxygen atoms in total. The van der Waals surface area contributed by atoms with Crippen LogP contribution in [-0.4, -0.2) is 20.9 Å². The number of halogens is 1. The molecule has 1 aromatic carbocycles. The van der Waals surface area contributed by atoms with Gasteiger partial charge in [0.05, 0.1) is 5.69 Å². The van der Waals surface area contributed by atoms with E-state index in [-0.39, 0.29) is 5.69 Å². The number of hydrogen-bond donors (Lipinski definition) is 1. The van der Waals surface area contributed by atoms with Gasteiger partial charge in [0.1, 0.15) is 4.60 Å². The van der Waals surface area contributed by atoms with E-state index in [9.17, 15) is 4.79 Å². The predicted molar refractivity (Wildman–Crippen MR) is 63.0 cm³/mol. The highest BCUT2D eigenvalue weighted by Gasteiger charge is 2.14. The fraction of sp³-hybridized carbons (Fsp3) is 0.0909. The van der Waals surface area contributed by atoms with Crippen LogP contribution in [-0.2, 0) is 0 Å². The number of hydrogen-bond acceptors (Lipinski definition) is 2. The molecule has 1 N–H and O–H groups in total. The highest BCUT2D eigenvalue weighted by molar-refractivity contribution is 9.10. The first-order valence-corrected chi connectivity index (χ1v) is 5.43. The van der Waals surface area contributed by atoms with Crippen LogP contribution in [0.15, 0.2) is 34.9 Å². The Labute approximate surface area is 101 Å². The normalized spacial score (nSPS) is 10.4. The van der Waals surface area contributed by atoms with Gasteiger partial charge in [0.25, 0.3) is 0 Å². The van der Waals surface area contributed by atoms with Crippen LogP contribution < -0.4 is 0 Å². The average Bonchev–Trinajstić information content (AvgIpc) is 2.60. The molecule has 0 spiro atoms. The largest absolute Gasteiger partial charge is 0.477 e. The summed E-state index contributed by atoms with van der Waals surface area (Å²) in [6.45, 7) is 1.95. The molecule has 0 aliphatic rings. The van der Waals surface area contributed by atoms with Gasteiger partial charge in [-0.2, -0.15) is 5.10 Å². The number of nitrogens with zero attached hydrogens (tertiary/aromatic N) is 2. The van der Waals surface area contributed by atoms with Gasteiger partial charge >= 0.3 is 5.97 Å². The Balaban J connectivity index is 2.59. The van der Waals surface area contributed by atoms with Crippen molar-refractivity contribution >= 4 is 21.9 Å². The van der Waals surface area contributed by atoms with Crippen molar-refractivity contribution in [2.24, 2.45) is 0 Å². The molecular weight excluding hydrogens is 272 g/mol. The summed E-state index contributed by atoms with van der Waals surface area (Å²) in [5, 5.41) is 13.1. The molecule has 0 radical (unpaired) electrons. The number of aromatic carboxylic acids is 1. The summed E-state index contributed by atoms with van der Waals surface area (Å²) >= 11 is 3.17. The van der Waals surface area contributed by atoms with Gasteiger partial charge in [-0.25, -0.2) is 9.48 Å². The summed E-state index contributed by atoms with van der Waals surface area (Å²) in [4.78, 5) is 11.0. The van der Waals surface area contributed by atoms with Gasteiger partial charge in [-0.15, -0.1) is 0 Å². The molecule has 2 aromatic rings. The Morgan fingerprint density at radius 1 is 1.44 bits per heavy atom. The number of carboxylic acid groups (broad SMARTS) is 1. The molecule has 82 valence electrons. The lowest BCUT2D eigenvalue weighted by molar-refractivity contribution is 0.0687. The number of benzene rings is 1. The van der Waals surface area contributed by atoms with Crippen molar-refractivity contribution in [3.8, 4) is 5.69 Å². The minimum absolute atomic E-state index is 0.137. The van der Waals surface area contributed by atoms with E-state index in [0.29, 0.717) is 4.60 Å². The van der Waals surface area contributed by atoms with E-state index >= 15 is 0 Å². The number of carboxylic acids is 1. The van der Waals surface area contributed by atoms with E-state index < -0.39 is 5.97 Å². The van der Waals surface area contributed by atoms with E-state index in [0.717, 1.165) is 11.3 Å². The van der Waals surface area contributed by atoms with Crippen molar-refractivity contribution in [1.29, 1.82) is 0 Å². The molecule has 0 saturated carbocycles. The minimum Gasteiger partial charge on any atom is -0.477 e. The van der Waals surface area contributed by atoms with E-state index in [1.807, 2.05) is 31.2 Å². The lowest BCUT2D eigenvalue weighted by Crippen LogP contribution is -2.07. The second kappa shape index (κ2) is 4.09. The third-order valence-electron chi connectivity index (χ3n) is 2.14. The molecule has 0 unspecified atom stereocenters. The Morgan fingerprint density at radius 3 is 2.81 bits per heavy atom. The Hall–Kier alpha value is -1.62. The van der Waals surface area contributed by atoms with Crippen molar-refractivity contribution in [2.75, 3.05) is 0 Å². The molecule has 0 amide bonds. The van der Waals surface area contributed by atoms with Crippen molar-refractivity contribution < 1.29 is 9.90 Å². The predicted octanol–water partition coefficient (Wildman–Crippen LogP) is 2.64. The molecule has 16 heavy (non-hydrogen) atoms. The van der Waals surface area contributed by atoms with Crippen LogP contribution in [0, 0.1) is 6.92 Å². The fourth-order valence-corrected chi connectivity index (χ4v) is 1.84. The standard InChI is InChI=1S/C11H9BrN2O2/c1-7-3-2-4-8(5-7)14-9(11(15)16)6-10(12)13-14/h2-6H,1H3,(H,15,16). The van der Waals surface area contributed by atoms with Gasteiger partial charge in [0, 0.05) is 6.07 Å². The third-order valence-corrected chi connectivity index (χ3v) is 2.53. The zero-order valence-corrected chi connectivity index (χ0v) is 10.1. The summed E-state index contributed by atoms with van der Waals surface area (Å²) < 4.78 is 1.91. The van der Waals surface area contributed by atoms with Crippen LogP contribution in [0.2, 0.25) is 0 Å². The molecule has 0 bridgehead atoms. The Morgan fingerprint density at radius 2 is 2.19 bits per heavy atom. The molecule has 0 aliphatic heterocycles. The summed E-state index contributed by atoms with van der Waals surface area (Å²) in [5.41, 5.74) is 1.93. The summed E-state index contributed by atoms with van der Waals surface area (Å²) in [7, 11) is 0. The number of aryl methyl sites for hydroxylation is 1. The molecule has 0 fully saturated rings. The van der Waals surface area contributed by atoms with Crippen LogP contribution in [0.5, 0.6) is 0 Å². The molecule has 0 aliphatic carbocycles. The summed E-state index contributed by atoms with van der Waals surface area (Å²) in [6.07, 6.45) is 0. The van der Waals surface area contributed by atoms with Crippen LogP contribution in [0.25, 0.3) is 5.69 Å². The fourth-order valence-electron chi connectivity index (χ4n) is 1.46. The first-order chi connectivity index (χ1) is 7.58. The van der Waals surface area contributed by atoms with Crippen molar-refractivity contribution in [2.45, 2.75) is 6.92 Å². The maximum absolute atomic E-state index is 11.0. The number of carbonyl (C=O) groups is 1. The highest BCUT2D eigenvalue weighted by atomic mass is 79.9. The Kier molecular flexibility index (Phi) is 2.78. The van der Waals surface area contributed by atoms with Gasteiger partial charge in [-0.1, -0.05) is 12.1 Å². The molecular formula is C11H9BrN2O2. The first-order valence-electron chi connectivity index (χ1n) is 4.64. The lowest BCUT2D eigenvalue weighted by atomic mass is 10.2. The maximum atomic E-state index is 11.0. The van der Waals surface area contributed by atoms with E-state index in [2.05, 4.69) is 21.0 Å². The molecule has 1 heterocycles. The molecule has 2 rings (SSSR count). The summed E-state index contributed by atoms with van der Waals surface area (Å²) in [5.74, 6) is -1.00. The molecule has 5 heteroatoms. The van der Waals surface area contributed by atoms with E-state index in [1.165, 1.54) is 10.7 Å². The average molecular weight is 281 g/mol. The van der Waals surface area contributed by atoms with Crippen LogP contribution >= 0.6 is 15.9 Å². The minimum atomic E-state index is -1.00. The van der Waals surface area contributed by atoms with Gasteiger partial charge < -0.3 is 5.11 Å². The van der Waals surface area contributed by atoms with Crippen LogP contribution in [0.1, 0.15) is 16.1 Å². The van der Waals surface area contributed by atoms with E-state index in [4.69, 9.17) is 5.11 Å². The second-order valence-corrected chi connectivity index (χ2v) is 4.22. The SMILES string of the molecule is Cc1cccc(-n2nc(Br)cc2C(=O)O)c1. The van der Waals surface area contributed by atoms with Crippen LogP contribution in [0.3, 0.4) is 0 Å². The van der Waals surface area contributed by atoms with E-state index in [1.54, 1.807) is 0 Å². The number of aromatic nitrogens is 2. The quantitative estimate of drug-likeness (QED) is 0.920. The highest BCUT2D eigenvalue weighted by Crippen LogP contribution is 2.17. The molecule has 1 aromatic heterocycles. The van der Waals surface area contributed by atoms with Gasteiger partial charge in [0.2, 0.25) is 0 Å². The lowest BCUT2D eigenvalue weighted by Gasteiger charge is -2.04. The Bertz CT molecular complexity index is 549. The van der Waals surface area contributed by atoms with Crippen LogP contribution in [0.4, 0.5) is 0 Å². The smallest absolute Gasteiger partial charge is 0.354 e.